The van der Waals surface area contributed by atoms with Crippen molar-refractivity contribution in [3.05, 3.63) is 63.4 Å². The number of amides is 1. The van der Waals surface area contributed by atoms with E-state index >= 15 is 0 Å². The fraction of sp³-hybridized carbons (Fsp3) is 0.300. The van der Waals surface area contributed by atoms with Gasteiger partial charge in [0.05, 0.1) is 34.2 Å². The van der Waals surface area contributed by atoms with Gasteiger partial charge in [-0.1, -0.05) is 11.6 Å². The molecule has 0 radical (unpaired) electrons. The number of aromatic nitrogens is 4. The second-order valence-electron chi connectivity index (χ2n) is 7.28. The predicted octanol–water partition coefficient (Wildman–Crippen LogP) is 4.57. The van der Waals surface area contributed by atoms with Gasteiger partial charge < -0.3 is 4.90 Å². The first kappa shape index (κ1) is 21.2. The molecule has 6 nitrogen and oxygen atoms in total. The van der Waals surface area contributed by atoms with E-state index in [1.807, 2.05) is 0 Å². The summed E-state index contributed by atoms with van der Waals surface area (Å²) in [5.74, 6) is -1.78. The van der Waals surface area contributed by atoms with Crippen LogP contribution in [0.15, 0.2) is 24.4 Å². The molecule has 1 aliphatic heterocycles. The average molecular weight is 454 g/mol. The van der Waals surface area contributed by atoms with Crippen LogP contribution in [0, 0.1) is 12.7 Å². The lowest BCUT2D eigenvalue weighted by Gasteiger charge is -2.35. The van der Waals surface area contributed by atoms with Crippen molar-refractivity contribution in [2.24, 2.45) is 0 Å². The van der Waals surface area contributed by atoms with Crippen LogP contribution in [0.25, 0.3) is 11.4 Å². The molecule has 4 rings (SSSR count). The van der Waals surface area contributed by atoms with Gasteiger partial charge in [-0.25, -0.2) is 14.4 Å². The smallest absolute Gasteiger partial charge is 0.330 e. The number of nitrogens with zero attached hydrogens (tertiary/aromatic N) is 4. The Morgan fingerprint density at radius 3 is 2.65 bits per heavy atom. The van der Waals surface area contributed by atoms with E-state index in [9.17, 15) is 22.4 Å². The highest BCUT2D eigenvalue weighted by Gasteiger charge is 2.40. The molecule has 2 aromatic heterocycles. The van der Waals surface area contributed by atoms with Gasteiger partial charge in [0.15, 0.2) is 0 Å². The number of aryl methyl sites for hydroxylation is 1. The number of nitrogens with one attached hydrogen (secondary N) is 1. The van der Waals surface area contributed by atoms with Crippen LogP contribution in [0.5, 0.6) is 0 Å². The summed E-state index contributed by atoms with van der Waals surface area (Å²) in [5.41, 5.74) is 0.712. The summed E-state index contributed by atoms with van der Waals surface area (Å²) >= 11 is 5.83. The number of alkyl halides is 3. The largest absolute Gasteiger partial charge is 0.420 e. The lowest BCUT2D eigenvalue weighted by molar-refractivity contribution is -0.139. The second kappa shape index (κ2) is 7.60. The zero-order valence-corrected chi connectivity index (χ0v) is 17.1. The quantitative estimate of drug-likeness (QED) is 0.577. The molecule has 0 saturated heterocycles. The van der Waals surface area contributed by atoms with Crippen molar-refractivity contribution in [2.45, 2.75) is 39.0 Å². The molecule has 1 aromatic carbocycles. The molecule has 11 heteroatoms. The summed E-state index contributed by atoms with van der Waals surface area (Å²) in [4.78, 5) is 23.4. The molecule has 31 heavy (non-hydrogen) atoms. The Balaban J connectivity index is 1.74. The van der Waals surface area contributed by atoms with Crippen molar-refractivity contribution in [1.29, 1.82) is 0 Å². The number of hydrogen-bond donors (Lipinski definition) is 1. The van der Waals surface area contributed by atoms with Crippen molar-refractivity contribution < 1.29 is 22.4 Å². The molecule has 0 bridgehead atoms. The maximum absolute atomic E-state index is 13.8. The Morgan fingerprint density at radius 1 is 1.26 bits per heavy atom. The molecular weight excluding hydrogens is 438 g/mol. The Morgan fingerprint density at radius 2 is 2.00 bits per heavy atom. The Bertz CT molecular complexity index is 1160. The zero-order chi connectivity index (χ0) is 22.5. The number of carbonyl (C=O) groups is 1. The van der Waals surface area contributed by atoms with E-state index in [1.165, 1.54) is 4.90 Å². The Kier molecular flexibility index (Phi) is 5.20. The highest BCUT2D eigenvalue weighted by molar-refractivity contribution is 6.34. The summed E-state index contributed by atoms with van der Waals surface area (Å²) in [5, 5.41) is 5.84. The molecule has 0 fully saturated rings. The summed E-state index contributed by atoms with van der Waals surface area (Å²) in [6.07, 6.45) is -3.06. The minimum atomic E-state index is -5.03. The maximum atomic E-state index is 13.8. The number of benzene rings is 1. The maximum Gasteiger partial charge on any atom is 0.420 e. The van der Waals surface area contributed by atoms with Gasteiger partial charge in [-0.3, -0.25) is 9.89 Å². The van der Waals surface area contributed by atoms with Gasteiger partial charge in [-0.15, -0.1) is 0 Å². The molecule has 3 heterocycles. The first-order valence-corrected chi connectivity index (χ1v) is 9.68. The number of aromatic amines is 1. The summed E-state index contributed by atoms with van der Waals surface area (Å²) in [6.45, 7) is 3.52. The van der Waals surface area contributed by atoms with Crippen LogP contribution in [0.3, 0.4) is 0 Å². The highest BCUT2D eigenvalue weighted by Crippen LogP contribution is 2.39. The number of H-pyrrole nitrogens is 1. The van der Waals surface area contributed by atoms with E-state index in [0.29, 0.717) is 35.4 Å². The first-order chi connectivity index (χ1) is 14.6. The van der Waals surface area contributed by atoms with Crippen LogP contribution < -0.4 is 0 Å². The molecule has 1 amide bonds. The van der Waals surface area contributed by atoms with Crippen molar-refractivity contribution >= 4 is 17.5 Å². The summed E-state index contributed by atoms with van der Waals surface area (Å²) in [6, 6.07) is 2.95. The topological polar surface area (TPSA) is 74.8 Å². The van der Waals surface area contributed by atoms with E-state index in [2.05, 4.69) is 20.2 Å². The molecule has 3 aromatic rings. The molecule has 0 spiro atoms. The van der Waals surface area contributed by atoms with Crippen LogP contribution in [0.1, 0.15) is 39.9 Å². The SMILES string of the molecule is Cc1nc2c(c(-c3ccn[nH]3)n1)C[C@@H](C)N(C(=O)c1ccc(F)c(C(F)(F)F)c1Cl)C2. The van der Waals surface area contributed by atoms with E-state index in [-0.39, 0.29) is 12.6 Å². The Labute approximate surface area is 179 Å². The minimum absolute atomic E-state index is 0.0505. The molecular formula is C20H16ClF4N5O. The summed E-state index contributed by atoms with van der Waals surface area (Å²) < 4.78 is 53.4. The number of rotatable bonds is 2. The first-order valence-electron chi connectivity index (χ1n) is 9.30. The van der Waals surface area contributed by atoms with Crippen LogP contribution in [0.2, 0.25) is 5.02 Å². The molecule has 0 unspecified atom stereocenters. The lowest BCUT2D eigenvalue weighted by atomic mass is 9.94. The fourth-order valence-corrected chi connectivity index (χ4v) is 4.08. The normalized spacial score (nSPS) is 16.4. The monoisotopic (exact) mass is 453 g/mol. The molecule has 1 N–H and O–H groups in total. The third-order valence-electron chi connectivity index (χ3n) is 5.18. The lowest BCUT2D eigenvalue weighted by Crippen LogP contribution is -2.43. The fourth-order valence-electron chi connectivity index (χ4n) is 3.74. The van der Waals surface area contributed by atoms with Gasteiger partial charge in [0, 0.05) is 17.8 Å². The van der Waals surface area contributed by atoms with Gasteiger partial charge in [0.25, 0.3) is 5.91 Å². The van der Waals surface area contributed by atoms with Gasteiger partial charge in [-0.2, -0.15) is 18.3 Å². The summed E-state index contributed by atoms with van der Waals surface area (Å²) in [7, 11) is 0. The number of hydrogen-bond acceptors (Lipinski definition) is 4. The number of halogens is 5. The van der Waals surface area contributed by atoms with Gasteiger partial charge in [-0.05, 0) is 38.5 Å². The Hall–Kier alpha value is -3.01. The predicted molar refractivity (Wildman–Crippen MR) is 104 cm³/mol. The second-order valence-corrected chi connectivity index (χ2v) is 7.66. The number of fused-ring (bicyclic) bond motifs is 1. The zero-order valence-electron chi connectivity index (χ0n) is 16.4. The molecule has 1 atom stereocenters. The van der Waals surface area contributed by atoms with Crippen molar-refractivity contribution in [3.63, 3.8) is 0 Å². The van der Waals surface area contributed by atoms with E-state index in [1.54, 1.807) is 26.1 Å². The standard InChI is InChI=1S/C20H16ClF4N5O/c1-9-7-12-15(27-10(2)28-18(12)14-5-6-26-29-14)8-30(9)19(31)11-3-4-13(22)16(17(11)21)20(23,24)25/h3-6,9H,7-8H2,1-2H3,(H,26,29)/t9-/m1/s1. The van der Waals surface area contributed by atoms with Crippen molar-refractivity contribution in [2.75, 3.05) is 0 Å². The highest BCUT2D eigenvalue weighted by atomic mass is 35.5. The van der Waals surface area contributed by atoms with Crippen LogP contribution in [-0.4, -0.2) is 37.0 Å². The molecule has 0 aliphatic carbocycles. The molecule has 162 valence electrons. The van der Waals surface area contributed by atoms with E-state index in [4.69, 9.17) is 11.6 Å². The van der Waals surface area contributed by atoms with Crippen molar-refractivity contribution in [1.82, 2.24) is 25.1 Å². The third-order valence-corrected chi connectivity index (χ3v) is 5.57. The van der Waals surface area contributed by atoms with Gasteiger partial charge in [0.2, 0.25) is 0 Å². The number of carbonyl (C=O) groups excluding carboxylic acids is 1. The third kappa shape index (κ3) is 3.76. The van der Waals surface area contributed by atoms with Crippen LogP contribution in [0.4, 0.5) is 17.6 Å². The molecule has 1 aliphatic rings. The minimum Gasteiger partial charge on any atom is -0.330 e. The molecule has 0 saturated carbocycles. The van der Waals surface area contributed by atoms with Crippen LogP contribution in [-0.2, 0) is 19.1 Å². The van der Waals surface area contributed by atoms with Crippen LogP contribution >= 0.6 is 11.6 Å². The van der Waals surface area contributed by atoms with Gasteiger partial charge in [0.1, 0.15) is 17.2 Å². The van der Waals surface area contributed by atoms with Gasteiger partial charge >= 0.3 is 6.18 Å². The van der Waals surface area contributed by atoms with E-state index < -0.39 is 34.1 Å². The van der Waals surface area contributed by atoms with E-state index in [0.717, 1.165) is 11.6 Å². The average Bonchev–Trinajstić information content (AvgIpc) is 3.20. The van der Waals surface area contributed by atoms with Crippen molar-refractivity contribution in [3.8, 4) is 11.4 Å².